The van der Waals surface area contributed by atoms with Gasteiger partial charge in [-0.15, -0.1) is 0 Å². The number of halogens is 1. The first-order chi connectivity index (χ1) is 8.15. The Balaban J connectivity index is 2.57. The van der Waals surface area contributed by atoms with Crippen molar-refractivity contribution in [3.63, 3.8) is 0 Å². The van der Waals surface area contributed by atoms with Crippen LogP contribution >= 0.6 is 11.6 Å². The molecule has 0 amide bonds. The fourth-order valence-corrected chi connectivity index (χ4v) is 1.70. The third kappa shape index (κ3) is 2.12. The molecule has 0 spiro atoms. The zero-order valence-electron chi connectivity index (χ0n) is 9.11. The Hall–Kier alpha value is -1.95. The maximum Gasteiger partial charge on any atom is 0.439 e. The smallest absolute Gasteiger partial charge is 0.439 e. The third-order valence-electron chi connectivity index (χ3n) is 2.15. The molecule has 0 saturated carbocycles. The lowest BCUT2D eigenvalue weighted by molar-refractivity contribution is 0.355. The number of methoxy groups -OCH3 is 2. The molecule has 0 aliphatic rings. The van der Waals surface area contributed by atoms with Crippen LogP contribution in [0.3, 0.4) is 0 Å². The van der Waals surface area contributed by atoms with Crippen LogP contribution in [-0.4, -0.2) is 24.4 Å². The minimum absolute atomic E-state index is 0.276. The van der Waals surface area contributed by atoms with E-state index in [1.807, 2.05) is 0 Å². The predicted octanol–water partition coefficient (Wildman–Crippen LogP) is 1.70. The average molecular weight is 257 g/mol. The summed E-state index contributed by atoms with van der Waals surface area (Å²) < 4.78 is 14.6. The Morgan fingerprint density at radius 3 is 2.65 bits per heavy atom. The summed E-state index contributed by atoms with van der Waals surface area (Å²) in [4.78, 5) is 13.3. The quantitative estimate of drug-likeness (QED) is 0.904. The number of aromatic amines is 1. The van der Waals surface area contributed by atoms with Gasteiger partial charge in [-0.2, -0.15) is 0 Å². The Bertz CT molecular complexity index is 590. The van der Waals surface area contributed by atoms with Crippen LogP contribution in [0.5, 0.6) is 11.5 Å². The molecule has 1 aromatic carbocycles. The van der Waals surface area contributed by atoms with Crippen LogP contribution < -0.4 is 15.2 Å². The third-order valence-corrected chi connectivity index (χ3v) is 2.43. The van der Waals surface area contributed by atoms with Gasteiger partial charge in [0.2, 0.25) is 0 Å². The fraction of sp³-hybridized carbons (Fsp3) is 0.200. The first kappa shape index (κ1) is 11.5. The molecule has 1 heterocycles. The van der Waals surface area contributed by atoms with Crippen molar-refractivity contribution in [1.82, 2.24) is 10.1 Å². The minimum Gasteiger partial charge on any atom is -0.493 e. The van der Waals surface area contributed by atoms with E-state index < -0.39 is 5.76 Å². The SMILES string of the molecule is COc1cc(-c2noc(=O)[nH]2)cc(Cl)c1OC. The van der Waals surface area contributed by atoms with Gasteiger partial charge in [0, 0.05) is 5.56 Å². The molecule has 0 fully saturated rings. The summed E-state index contributed by atoms with van der Waals surface area (Å²) in [5.74, 6) is 0.506. The summed E-state index contributed by atoms with van der Waals surface area (Å²) in [6.07, 6.45) is 0. The summed E-state index contributed by atoms with van der Waals surface area (Å²) >= 11 is 6.01. The molecule has 2 aromatic rings. The maximum atomic E-state index is 10.9. The molecule has 0 aliphatic heterocycles. The highest BCUT2D eigenvalue weighted by Gasteiger charge is 2.14. The molecule has 0 saturated heterocycles. The molecule has 1 N–H and O–H groups in total. The molecular formula is C10H9ClN2O4. The number of hydrogen-bond acceptors (Lipinski definition) is 5. The Labute approximate surface area is 101 Å². The zero-order valence-corrected chi connectivity index (χ0v) is 9.87. The van der Waals surface area contributed by atoms with E-state index in [-0.39, 0.29) is 5.82 Å². The summed E-state index contributed by atoms with van der Waals surface area (Å²) in [5.41, 5.74) is 0.568. The van der Waals surface area contributed by atoms with E-state index >= 15 is 0 Å². The Kier molecular flexibility index (Phi) is 3.06. The van der Waals surface area contributed by atoms with Crippen LogP contribution in [0.4, 0.5) is 0 Å². The van der Waals surface area contributed by atoms with Gasteiger partial charge in [-0.3, -0.25) is 9.51 Å². The van der Waals surface area contributed by atoms with Gasteiger partial charge in [0.15, 0.2) is 17.3 Å². The van der Waals surface area contributed by atoms with Crippen LogP contribution in [-0.2, 0) is 0 Å². The standard InChI is InChI=1S/C10H9ClN2O4/c1-15-7-4-5(3-6(11)8(7)16-2)9-12-10(14)17-13-9/h3-4H,1-2H3,(H,12,13,14). The van der Waals surface area contributed by atoms with E-state index in [0.717, 1.165) is 0 Å². The number of benzene rings is 1. The molecule has 0 atom stereocenters. The second-order valence-electron chi connectivity index (χ2n) is 3.14. The molecule has 6 nitrogen and oxygen atoms in total. The van der Waals surface area contributed by atoms with Crippen molar-refractivity contribution in [1.29, 1.82) is 0 Å². The lowest BCUT2D eigenvalue weighted by Crippen LogP contribution is -1.96. The molecular weight excluding hydrogens is 248 g/mol. The normalized spacial score (nSPS) is 10.3. The van der Waals surface area contributed by atoms with Gasteiger partial charge in [-0.25, -0.2) is 4.79 Å². The first-order valence-corrected chi connectivity index (χ1v) is 5.01. The molecule has 90 valence electrons. The second-order valence-corrected chi connectivity index (χ2v) is 3.54. The van der Waals surface area contributed by atoms with Crippen molar-refractivity contribution in [3.05, 3.63) is 27.7 Å². The molecule has 0 bridgehead atoms. The molecule has 2 rings (SSSR count). The summed E-state index contributed by atoms with van der Waals surface area (Å²) in [5, 5.41) is 3.91. The topological polar surface area (TPSA) is 77.4 Å². The van der Waals surface area contributed by atoms with Gasteiger partial charge in [0.05, 0.1) is 19.2 Å². The lowest BCUT2D eigenvalue weighted by atomic mass is 10.2. The number of nitrogens with zero attached hydrogens (tertiary/aromatic N) is 1. The highest BCUT2D eigenvalue weighted by Crippen LogP contribution is 2.38. The number of rotatable bonds is 3. The minimum atomic E-state index is -0.633. The molecule has 0 unspecified atom stereocenters. The molecule has 17 heavy (non-hydrogen) atoms. The lowest BCUT2D eigenvalue weighted by Gasteiger charge is -2.10. The zero-order chi connectivity index (χ0) is 12.4. The van der Waals surface area contributed by atoms with Gasteiger partial charge in [0.25, 0.3) is 0 Å². The van der Waals surface area contributed by atoms with Crippen molar-refractivity contribution < 1.29 is 14.0 Å². The Morgan fingerprint density at radius 1 is 1.35 bits per heavy atom. The van der Waals surface area contributed by atoms with Gasteiger partial charge >= 0.3 is 5.76 Å². The summed E-state index contributed by atoms with van der Waals surface area (Å²) in [6, 6.07) is 3.23. The molecule has 0 aliphatic carbocycles. The van der Waals surface area contributed by atoms with Crippen LogP contribution in [0.1, 0.15) is 0 Å². The fourth-order valence-electron chi connectivity index (χ4n) is 1.41. The van der Waals surface area contributed by atoms with Crippen molar-refractivity contribution in [3.8, 4) is 22.9 Å². The molecule has 7 heteroatoms. The van der Waals surface area contributed by atoms with Crippen molar-refractivity contribution in [2.75, 3.05) is 14.2 Å². The number of hydrogen-bond donors (Lipinski definition) is 1. The van der Waals surface area contributed by atoms with E-state index in [1.165, 1.54) is 14.2 Å². The average Bonchev–Trinajstić information content (AvgIpc) is 2.74. The van der Waals surface area contributed by atoms with E-state index in [4.69, 9.17) is 21.1 Å². The van der Waals surface area contributed by atoms with Crippen LogP contribution in [0.2, 0.25) is 5.02 Å². The highest BCUT2D eigenvalue weighted by molar-refractivity contribution is 6.32. The molecule has 1 aromatic heterocycles. The van der Waals surface area contributed by atoms with Crippen molar-refractivity contribution in [2.45, 2.75) is 0 Å². The number of aromatic nitrogens is 2. The van der Waals surface area contributed by atoms with Crippen LogP contribution in [0, 0.1) is 0 Å². The van der Waals surface area contributed by atoms with E-state index in [2.05, 4.69) is 14.7 Å². The van der Waals surface area contributed by atoms with Gasteiger partial charge < -0.3 is 9.47 Å². The van der Waals surface area contributed by atoms with E-state index in [9.17, 15) is 4.79 Å². The van der Waals surface area contributed by atoms with Crippen molar-refractivity contribution >= 4 is 11.6 Å². The van der Waals surface area contributed by atoms with Crippen LogP contribution in [0.25, 0.3) is 11.4 Å². The number of H-pyrrole nitrogens is 1. The number of nitrogens with one attached hydrogen (secondary N) is 1. The van der Waals surface area contributed by atoms with Crippen LogP contribution in [0.15, 0.2) is 21.5 Å². The van der Waals surface area contributed by atoms with Gasteiger partial charge in [0.1, 0.15) is 0 Å². The van der Waals surface area contributed by atoms with E-state index in [0.29, 0.717) is 22.1 Å². The monoisotopic (exact) mass is 256 g/mol. The highest BCUT2D eigenvalue weighted by atomic mass is 35.5. The maximum absolute atomic E-state index is 10.9. The predicted molar refractivity (Wildman–Crippen MR) is 60.7 cm³/mol. The second kappa shape index (κ2) is 4.50. The number of ether oxygens (including phenoxy) is 2. The van der Waals surface area contributed by atoms with E-state index in [1.54, 1.807) is 12.1 Å². The van der Waals surface area contributed by atoms with Gasteiger partial charge in [-0.05, 0) is 12.1 Å². The Morgan fingerprint density at radius 2 is 2.12 bits per heavy atom. The summed E-state index contributed by atoms with van der Waals surface area (Å²) in [7, 11) is 2.98. The largest absolute Gasteiger partial charge is 0.493 e. The van der Waals surface area contributed by atoms with Gasteiger partial charge in [-0.1, -0.05) is 16.8 Å². The van der Waals surface area contributed by atoms with Crippen molar-refractivity contribution in [2.24, 2.45) is 0 Å². The summed E-state index contributed by atoms with van der Waals surface area (Å²) in [6.45, 7) is 0. The first-order valence-electron chi connectivity index (χ1n) is 4.63. The molecule has 0 radical (unpaired) electrons.